The van der Waals surface area contributed by atoms with E-state index in [1.54, 1.807) is 6.92 Å². The van der Waals surface area contributed by atoms with Crippen LogP contribution in [0.1, 0.15) is 29.5 Å². The van der Waals surface area contributed by atoms with Gasteiger partial charge < -0.3 is 14.8 Å². The molecule has 1 unspecified atom stereocenters. The fraction of sp³-hybridized carbons (Fsp3) is 0.538. The predicted octanol–water partition coefficient (Wildman–Crippen LogP) is 0.679. The van der Waals surface area contributed by atoms with Crippen molar-refractivity contribution in [1.82, 2.24) is 9.62 Å². The molecule has 0 saturated heterocycles. The minimum absolute atomic E-state index is 0.0646. The highest BCUT2D eigenvalue weighted by Gasteiger charge is 2.25. The van der Waals surface area contributed by atoms with Crippen molar-refractivity contribution in [2.24, 2.45) is 5.92 Å². The van der Waals surface area contributed by atoms with Crippen LogP contribution in [0.3, 0.4) is 0 Å². The Morgan fingerprint density at radius 3 is 2.50 bits per heavy atom. The first-order valence-corrected chi connectivity index (χ1v) is 8.02. The van der Waals surface area contributed by atoms with Gasteiger partial charge in [-0.25, -0.2) is 12.7 Å². The SMILES string of the molecule is Cc1oc(S(=O)(=O)N(C)C)cc1C(=O)NCC(C)CC(=O)O. The standard InChI is InChI=1S/C13H20N2O6S/c1-8(5-11(16)17)7-14-13(18)10-6-12(21-9(10)2)22(19,20)15(3)4/h6,8H,5,7H2,1-4H3,(H,14,18)(H,16,17). The molecule has 0 bridgehead atoms. The number of carbonyl (C=O) groups is 2. The number of carboxylic acid groups (broad SMARTS) is 1. The number of carbonyl (C=O) groups excluding carboxylic acids is 1. The average Bonchev–Trinajstić information content (AvgIpc) is 2.77. The maximum atomic E-state index is 12.0. The van der Waals surface area contributed by atoms with Gasteiger partial charge in [-0.15, -0.1) is 0 Å². The van der Waals surface area contributed by atoms with Gasteiger partial charge in [0.15, 0.2) is 0 Å². The van der Waals surface area contributed by atoms with Crippen LogP contribution < -0.4 is 5.32 Å². The Morgan fingerprint density at radius 1 is 1.41 bits per heavy atom. The molecule has 1 heterocycles. The molecule has 1 aromatic heterocycles. The Morgan fingerprint density at radius 2 is 2.00 bits per heavy atom. The zero-order valence-electron chi connectivity index (χ0n) is 12.9. The van der Waals surface area contributed by atoms with Gasteiger partial charge in [-0.3, -0.25) is 9.59 Å². The number of nitrogens with zero attached hydrogens (tertiary/aromatic N) is 1. The van der Waals surface area contributed by atoms with Gasteiger partial charge in [0.25, 0.3) is 15.9 Å². The van der Waals surface area contributed by atoms with E-state index in [4.69, 9.17) is 9.52 Å². The molecule has 1 atom stereocenters. The normalized spacial score (nSPS) is 13.1. The lowest BCUT2D eigenvalue weighted by Gasteiger charge is -2.09. The molecule has 1 rings (SSSR count). The average molecular weight is 332 g/mol. The zero-order valence-corrected chi connectivity index (χ0v) is 13.7. The van der Waals surface area contributed by atoms with Crippen molar-refractivity contribution >= 4 is 21.9 Å². The molecule has 1 amide bonds. The summed E-state index contributed by atoms with van der Waals surface area (Å²) in [6, 6.07) is 1.17. The number of aryl methyl sites for hydroxylation is 1. The summed E-state index contributed by atoms with van der Waals surface area (Å²) >= 11 is 0. The highest BCUT2D eigenvalue weighted by atomic mass is 32.2. The number of nitrogens with one attached hydrogen (secondary N) is 1. The number of aliphatic carboxylic acids is 1. The van der Waals surface area contributed by atoms with Gasteiger partial charge >= 0.3 is 5.97 Å². The first-order chi connectivity index (χ1) is 10.1. The Labute approximate surface area is 129 Å². The van der Waals surface area contributed by atoms with Gasteiger partial charge in [-0.05, 0) is 12.8 Å². The number of hydrogen-bond donors (Lipinski definition) is 2. The monoisotopic (exact) mass is 332 g/mol. The predicted molar refractivity (Wildman–Crippen MR) is 78.1 cm³/mol. The number of amides is 1. The maximum Gasteiger partial charge on any atom is 0.303 e. The van der Waals surface area contributed by atoms with Crippen molar-refractivity contribution in [1.29, 1.82) is 0 Å². The Hall–Kier alpha value is -1.87. The first kappa shape index (κ1) is 18.2. The van der Waals surface area contributed by atoms with Crippen LogP contribution in [0.5, 0.6) is 0 Å². The molecular formula is C13H20N2O6S. The van der Waals surface area contributed by atoms with Crippen LogP contribution in [0, 0.1) is 12.8 Å². The lowest BCUT2D eigenvalue weighted by molar-refractivity contribution is -0.137. The fourth-order valence-electron chi connectivity index (χ4n) is 1.72. The minimum Gasteiger partial charge on any atom is -0.481 e. The highest BCUT2D eigenvalue weighted by molar-refractivity contribution is 7.88. The number of carboxylic acids is 1. The van der Waals surface area contributed by atoms with Gasteiger partial charge in [-0.2, -0.15) is 0 Å². The second-order valence-electron chi connectivity index (χ2n) is 5.24. The fourth-order valence-corrected chi connectivity index (χ4v) is 2.58. The van der Waals surface area contributed by atoms with Gasteiger partial charge in [0.05, 0.1) is 5.56 Å². The zero-order chi connectivity index (χ0) is 17.1. The third-order valence-electron chi connectivity index (χ3n) is 3.01. The van der Waals surface area contributed by atoms with Crippen molar-refractivity contribution in [3.05, 3.63) is 17.4 Å². The van der Waals surface area contributed by atoms with Gasteiger partial charge in [-0.1, -0.05) is 6.92 Å². The second kappa shape index (κ2) is 6.93. The number of hydrogen-bond acceptors (Lipinski definition) is 5. The molecule has 1 aromatic rings. The highest BCUT2D eigenvalue weighted by Crippen LogP contribution is 2.21. The van der Waals surface area contributed by atoms with Crippen molar-refractivity contribution < 1.29 is 27.5 Å². The van der Waals surface area contributed by atoms with E-state index in [2.05, 4.69) is 5.32 Å². The van der Waals surface area contributed by atoms with Crippen LogP contribution in [0.2, 0.25) is 0 Å². The van der Waals surface area contributed by atoms with E-state index in [9.17, 15) is 18.0 Å². The smallest absolute Gasteiger partial charge is 0.303 e. The molecule has 124 valence electrons. The van der Waals surface area contributed by atoms with Crippen molar-refractivity contribution in [2.45, 2.75) is 25.4 Å². The molecule has 0 aliphatic heterocycles. The number of rotatable bonds is 7. The van der Waals surface area contributed by atoms with Gasteiger partial charge in [0.1, 0.15) is 5.76 Å². The Kier molecular flexibility index (Phi) is 5.72. The van der Waals surface area contributed by atoms with E-state index < -0.39 is 21.9 Å². The van der Waals surface area contributed by atoms with E-state index in [1.165, 1.54) is 27.1 Å². The third-order valence-corrected chi connectivity index (χ3v) is 4.68. The quantitative estimate of drug-likeness (QED) is 0.758. The molecule has 9 heteroatoms. The molecule has 0 fully saturated rings. The largest absolute Gasteiger partial charge is 0.481 e. The van der Waals surface area contributed by atoms with Crippen LogP contribution in [0.25, 0.3) is 0 Å². The van der Waals surface area contributed by atoms with Crippen LogP contribution in [0.4, 0.5) is 0 Å². The number of sulfonamides is 1. The summed E-state index contributed by atoms with van der Waals surface area (Å²) in [7, 11) is -1.03. The van der Waals surface area contributed by atoms with Crippen molar-refractivity contribution in [2.75, 3.05) is 20.6 Å². The van der Waals surface area contributed by atoms with Crippen LogP contribution in [0.15, 0.2) is 15.6 Å². The summed E-state index contributed by atoms with van der Waals surface area (Å²) in [6.45, 7) is 3.36. The van der Waals surface area contributed by atoms with E-state index in [1.807, 2.05) is 0 Å². The molecular weight excluding hydrogens is 312 g/mol. The molecule has 0 aliphatic rings. The van der Waals surface area contributed by atoms with Crippen LogP contribution >= 0.6 is 0 Å². The Bertz CT molecular complexity index is 662. The van der Waals surface area contributed by atoms with Crippen LogP contribution in [-0.4, -0.2) is 50.3 Å². The maximum absolute atomic E-state index is 12.0. The summed E-state index contributed by atoms with van der Waals surface area (Å²) in [4.78, 5) is 22.6. The number of furan rings is 1. The summed E-state index contributed by atoms with van der Waals surface area (Å²) in [6.07, 6.45) is -0.0646. The van der Waals surface area contributed by atoms with Gasteiger partial charge in [0, 0.05) is 33.1 Å². The third kappa shape index (κ3) is 4.31. The molecule has 0 aliphatic carbocycles. The summed E-state index contributed by atoms with van der Waals surface area (Å²) in [5.74, 6) is -1.50. The van der Waals surface area contributed by atoms with Gasteiger partial charge in [0.2, 0.25) is 5.09 Å². The summed E-state index contributed by atoms with van der Waals surface area (Å²) < 4.78 is 30.0. The lowest BCUT2D eigenvalue weighted by atomic mass is 10.1. The summed E-state index contributed by atoms with van der Waals surface area (Å²) in [5.41, 5.74) is 0.114. The molecule has 22 heavy (non-hydrogen) atoms. The van der Waals surface area contributed by atoms with Crippen molar-refractivity contribution in [3.8, 4) is 0 Å². The lowest BCUT2D eigenvalue weighted by Crippen LogP contribution is -2.29. The molecule has 0 radical (unpaired) electrons. The first-order valence-electron chi connectivity index (χ1n) is 6.58. The van der Waals surface area contributed by atoms with E-state index in [0.29, 0.717) is 0 Å². The topological polar surface area (TPSA) is 117 Å². The van der Waals surface area contributed by atoms with Crippen molar-refractivity contribution in [3.63, 3.8) is 0 Å². The molecule has 2 N–H and O–H groups in total. The summed E-state index contributed by atoms with van der Waals surface area (Å²) in [5, 5.41) is 10.9. The molecule has 0 spiro atoms. The molecule has 0 saturated carbocycles. The second-order valence-corrected chi connectivity index (χ2v) is 7.32. The van der Waals surface area contributed by atoms with E-state index in [0.717, 1.165) is 4.31 Å². The van der Waals surface area contributed by atoms with E-state index in [-0.39, 0.29) is 35.3 Å². The molecule has 8 nitrogen and oxygen atoms in total. The van der Waals surface area contributed by atoms with Crippen LogP contribution in [-0.2, 0) is 14.8 Å². The Balaban J connectivity index is 2.84. The molecule has 0 aromatic carbocycles. The van der Waals surface area contributed by atoms with E-state index >= 15 is 0 Å². The minimum atomic E-state index is -3.75.